The Morgan fingerprint density at radius 1 is 1.19 bits per heavy atom. The fourth-order valence-electron chi connectivity index (χ4n) is 3.67. The summed E-state index contributed by atoms with van der Waals surface area (Å²) in [6.45, 7) is 5.37. The molecule has 2 rings (SSSR count). The van der Waals surface area contributed by atoms with Gasteiger partial charge in [-0.15, -0.1) is 0 Å². The van der Waals surface area contributed by atoms with Crippen LogP contribution in [-0.2, 0) is 27.3 Å². The lowest BCUT2D eigenvalue weighted by atomic mass is 9.93. The SMILES string of the molecule is COc1c(O)c2c(c(C)c1C/C=C(\C)CCC(=O)OCCN(CCO)CCO)COC2=O. The predicted octanol–water partition coefficient (Wildman–Crippen LogP) is 1.48. The topological polar surface area (TPSA) is 126 Å². The molecule has 0 radical (unpaired) electrons. The monoisotopic (exact) mass is 451 g/mol. The minimum absolute atomic E-state index is 0.0203. The minimum Gasteiger partial charge on any atom is -0.504 e. The van der Waals surface area contributed by atoms with E-state index in [9.17, 15) is 14.7 Å². The molecule has 0 amide bonds. The number of carbonyl (C=O) groups excluding carboxylic acids is 2. The zero-order chi connectivity index (χ0) is 23.7. The van der Waals surface area contributed by atoms with Crippen LogP contribution in [0.4, 0.5) is 0 Å². The summed E-state index contributed by atoms with van der Waals surface area (Å²) in [6.07, 6.45) is 3.19. The Labute approximate surface area is 188 Å². The molecular formula is C23H33NO8. The molecule has 1 aromatic carbocycles. The predicted molar refractivity (Wildman–Crippen MR) is 117 cm³/mol. The number of phenols is 1. The molecule has 0 saturated carbocycles. The van der Waals surface area contributed by atoms with Gasteiger partial charge in [-0.2, -0.15) is 0 Å². The molecule has 9 heteroatoms. The molecule has 0 spiro atoms. The molecule has 1 aromatic rings. The third-order valence-corrected chi connectivity index (χ3v) is 5.57. The summed E-state index contributed by atoms with van der Waals surface area (Å²) in [5.41, 5.74) is 3.45. The van der Waals surface area contributed by atoms with E-state index in [1.807, 2.05) is 24.8 Å². The number of aromatic hydroxyl groups is 1. The van der Waals surface area contributed by atoms with Gasteiger partial charge in [0.1, 0.15) is 18.8 Å². The summed E-state index contributed by atoms with van der Waals surface area (Å²) in [6, 6.07) is 0. The number of aliphatic hydroxyl groups excluding tert-OH is 2. The minimum atomic E-state index is -0.550. The van der Waals surface area contributed by atoms with Crippen molar-refractivity contribution >= 4 is 11.9 Å². The number of esters is 2. The van der Waals surface area contributed by atoms with Gasteiger partial charge in [0, 0.05) is 37.2 Å². The molecule has 0 unspecified atom stereocenters. The van der Waals surface area contributed by atoms with Crippen molar-refractivity contribution in [3.05, 3.63) is 33.9 Å². The number of carbonyl (C=O) groups is 2. The molecule has 0 fully saturated rings. The van der Waals surface area contributed by atoms with E-state index in [1.165, 1.54) is 7.11 Å². The van der Waals surface area contributed by atoms with Crippen LogP contribution in [0.15, 0.2) is 11.6 Å². The van der Waals surface area contributed by atoms with Crippen molar-refractivity contribution in [2.75, 3.05) is 46.6 Å². The number of cyclic esters (lactones) is 1. The van der Waals surface area contributed by atoms with Crippen LogP contribution in [0.3, 0.4) is 0 Å². The Balaban J connectivity index is 1.91. The Kier molecular flexibility index (Phi) is 9.96. The van der Waals surface area contributed by atoms with Crippen molar-refractivity contribution in [1.29, 1.82) is 0 Å². The van der Waals surface area contributed by atoms with Crippen molar-refractivity contribution < 1.29 is 39.1 Å². The van der Waals surface area contributed by atoms with Gasteiger partial charge in [-0.3, -0.25) is 9.69 Å². The number of hydrogen-bond donors (Lipinski definition) is 3. The lowest BCUT2D eigenvalue weighted by Crippen LogP contribution is -2.33. The normalized spacial score (nSPS) is 13.3. The molecule has 9 nitrogen and oxygen atoms in total. The summed E-state index contributed by atoms with van der Waals surface area (Å²) in [7, 11) is 1.44. The van der Waals surface area contributed by atoms with Gasteiger partial charge >= 0.3 is 11.9 Å². The Morgan fingerprint density at radius 2 is 1.88 bits per heavy atom. The number of nitrogens with zero attached hydrogens (tertiary/aromatic N) is 1. The van der Waals surface area contributed by atoms with Crippen LogP contribution in [0.2, 0.25) is 0 Å². The van der Waals surface area contributed by atoms with Gasteiger partial charge < -0.3 is 29.5 Å². The number of phenolic OH excluding ortho intramolecular Hbond substituents is 1. The number of rotatable bonds is 13. The van der Waals surface area contributed by atoms with Crippen LogP contribution in [0, 0.1) is 6.92 Å². The van der Waals surface area contributed by atoms with Crippen LogP contribution in [-0.4, -0.2) is 78.7 Å². The number of methoxy groups -OCH3 is 1. The van der Waals surface area contributed by atoms with Gasteiger partial charge in [0.2, 0.25) is 0 Å². The number of aliphatic hydroxyl groups is 2. The van der Waals surface area contributed by atoms with Gasteiger partial charge in [-0.25, -0.2) is 4.79 Å². The lowest BCUT2D eigenvalue weighted by Gasteiger charge is -2.19. The molecular weight excluding hydrogens is 418 g/mol. The highest BCUT2D eigenvalue weighted by Crippen LogP contribution is 2.42. The highest BCUT2D eigenvalue weighted by molar-refractivity contribution is 5.98. The van der Waals surface area contributed by atoms with E-state index in [2.05, 4.69) is 0 Å². The molecule has 3 N–H and O–H groups in total. The quantitative estimate of drug-likeness (QED) is 0.302. The average molecular weight is 452 g/mol. The number of benzene rings is 1. The first-order valence-electron chi connectivity index (χ1n) is 10.7. The molecule has 0 atom stereocenters. The highest BCUT2D eigenvalue weighted by atomic mass is 16.5. The van der Waals surface area contributed by atoms with Gasteiger partial charge in [0.15, 0.2) is 11.5 Å². The maximum Gasteiger partial charge on any atom is 0.342 e. The molecule has 0 aliphatic carbocycles. The molecule has 32 heavy (non-hydrogen) atoms. The fourth-order valence-corrected chi connectivity index (χ4v) is 3.67. The van der Waals surface area contributed by atoms with Crippen molar-refractivity contribution in [3.63, 3.8) is 0 Å². The van der Waals surface area contributed by atoms with Crippen LogP contribution < -0.4 is 4.74 Å². The first kappa shape index (κ1) is 25.6. The van der Waals surface area contributed by atoms with E-state index in [4.69, 9.17) is 24.4 Å². The second-order valence-electron chi connectivity index (χ2n) is 7.68. The van der Waals surface area contributed by atoms with Crippen molar-refractivity contribution in [2.45, 2.75) is 39.7 Å². The maximum absolute atomic E-state index is 12.0. The number of fused-ring (bicyclic) bond motifs is 1. The standard InChI is InChI=1S/C23H33NO8/c1-15(5-7-19(27)31-13-10-24(8-11-25)9-12-26)4-6-17-16(2)18-14-32-23(29)20(18)21(28)22(17)30-3/h4,25-26,28H,5-14H2,1-3H3/b15-4+. The second-order valence-corrected chi connectivity index (χ2v) is 7.68. The summed E-state index contributed by atoms with van der Waals surface area (Å²) < 4.78 is 15.7. The average Bonchev–Trinajstić information content (AvgIpc) is 3.16. The van der Waals surface area contributed by atoms with E-state index in [-0.39, 0.29) is 55.9 Å². The fraction of sp³-hybridized carbons (Fsp3) is 0.565. The number of allylic oxidation sites excluding steroid dienone is 2. The molecule has 1 aliphatic rings. The zero-order valence-electron chi connectivity index (χ0n) is 19.0. The van der Waals surface area contributed by atoms with E-state index < -0.39 is 5.97 Å². The summed E-state index contributed by atoms with van der Waals surface area (Å²) in [4.78, 5) is 25.7. The molecule has 1 aliphatic heterocycles. The van der Waals surface area contributed by atoms with Gasteiger partial charge in [-0.1, -0.05) is 11.6 Å². The van der Waals surface area contributed by atoms with Gasteiger partial charge in [0.25, 0.3) is 0 Å². The van der Waals surface area contributed by atoms with Gasteiger partial charge in [0.05, 0.1) is 20.3 Å². The summed E-state index contributed by atoms with van der Waals surface area (Å²) in [5, 5.41) is 28.5. The molecule has 1 heterocycles. The largest absolute Gasteiger partial charge is 0.504 e. The Morgan fingerprint density at radius 3 is 2.50 bits per heavy atom. The van der Waals surface area contributed by atoms with Crippen LogP contribution in [0.25, 0.3) is 0 Å². The van der Waals surface area contributed by atoms with Crippen LogP contribution >= 0.6 is 0 Å². The molecule has 0 saturated heterocycles. The molecule has 178 valence electrons. The first-order valence-corrected chi connectivity index (χ1v) is 10.7. The summed E-state index contributed by atoms with van der Waals surface area (Å²) in [5.74, 6) is -0.799. The van der Waals surface area contributed by atoms with Crippen molar-refractivity contribution in [2.24, 2.45) is 0 Å². The number of hydrogen-bond acceptors (Lipinski definition) is 9. The maximum atomic E-state index is 12.0. The zero-order valence-corrected chi connectivity index (χ0v) is 19.0. The lowest BCUT2D eigenvalue weighted by molar-refractivity contribution is -0.144. The third kappa shape index (κ3) is 6.44. The first-order chi connectivity index (χ1) is 15.3. The third-order valence-electron chi connectivity index (χ3n) is 5.57. The van der Waals surface area contributed by atoms with Crippen LogP contribution in [0.5, 0.6) is 11.5 Å². The molecule has 0 aromatic heterocycles. The van der Waals surface area contributed by atoms with E-state index >= 15 is 0 Å². The van der Waals surface area contributed by atoms with Crippen LogP contribution in [0.1, 0.15) is 46.8 Å². The van der Waals surface area contributed by atoms with E-state index in [1.54, 1.807) is 0 Å². The van der Waals surface area contributed by atoms with Gasteiger partial charge in [-0.05, 0) is 32.3 Å². The second kappa shape index (κ2) is 12.4. The van der Waals surface area contributed by atoms with Crippen molar-refractivity contribution in [3.8, 4) is 11.5 Å². The highest BCUT2D eigenvalue weighted by Gasteiger charge is 2.31. The number of ether oxygens (including phenoxy) is 3. The Hall–Kier alpha value is -2.62. The van der Waals surface area contributed by atoms with Crippen molar-refractivity contribution in [1.82, 2.24) is 4.90 Å². The van der Waals surface area contributed by atoms with E-state index in [0.717, 1.165) is 16.7 Å². The van der Waals surface area contributed by atoms with E-state index in [0.29, 0.717) is 38.0 Å². The molecule has 0 bridgehead atoms. The smallest absolute Gasteiger partial charge is 0.342 e. The summed E-state index contributed by atoms with van der Waals surface area (Å²) >= 11 is 0. The Bertz CT molecular complexity index is 843.